The summed E-state index contributed by atoms with van der Waals surface area (Å²) in [4.78, 5) is 18.5. The molecule has 2 unspecified atom stereocenters. The summed E-state index contributed by atoms with van der Waals surface area (Å²) in [6.07, 6.45) is 2.63. The van der Waals surface area contributed by atoms with Crippen molar-refractivity contribution in [3.63, 3.8) is 0 Å². The molecule has 1 N–H and O–H groups in total. The van der Waals surface area contributed by atoms with Gasteiger partial charge < -0.3 is 10.0 Å². The molecule has 2 aromatic rings. The van der Waals surface area contributed by atoms with Crippen LogP contribution in [-0.4, -0.2) is 38.8 Å². The highest BCUT2D eigenvalue weighted by Crippen LogP contribution is 2.29. The highest BCUT2D eigenvalue weighted by atomic mass is 32.1. The van der Waals surface area contributed by atoms with Gasteiger partial charge >= 0.3 is 5.97 Å². The zero-order valence-electron chi connectivity index (χ0n) is 10.9. The molecular formula is C12H16N4O2S. The maximum atomic E-state index is 11.2. The molecule has 0 saturated carbocycles. The molecule has 0 spiro atoms. The Labute approximate surface area is 114 Å². The first kappa shape index (κ1) is 12.4. The van der Waals surface area contributed by atoms with E-state index in [-0.39, 0.29) is 5.92 Å². The number of anilines is 1. The van der Waals surface area contributed by atoms with E-state index in [1.807, 2.05) is 13.1 Å². The average Bonchev–Trinajstić information content (AvgIpc) is 2.85. The molecule has 1 saturated heterocycles. The molecule has 0 radical (unpaired) electrons. The van der Waals surface area contributed by atoms with Crippen LogP contribution < -0.4 is 4.90 Å². The predicted octanol–water partition coefficient (Wildman–Crippen LogP) is 1.65. The number of hydrogen-bond donors (Lipinski definition) is 1. The van der Waals surface area contributed by atoms with Gasteiger partial charge in [0.25, 0.3) is 0 Å². The molecule has 2 aromatic heterocycles. The summed E-state index contributed by atoms with van der Waals surface area (Å²) in [5, 5.41) is 14.5. The van der Waals surface area contributed by atoms with Crippen LogP contribution in [0.2, 0.25) is 0 Å². The quantitative estimate of drug-likeness (QED) is 0.905. The number of aryl methyl sites for hydroxylation is 1. The van der Waals surface area contributed by atoms with Gasteiger partial charge in [-0.3, -0.25) is 4.79 Å². The summed E-state index contributed by atoms with van der Waals surface area (Å²) in [7, 11) is 0. The van der Waals surface area contributed by atoms with Crippen LogP contribution in [0.4, 0.5) is 5.13 Å². The number of carboxylic acids is 1. The molecule has 102 valence electrons. The lowest BCUT2D eigenvalue weighted by Gasteiger charge is -2.34. The number of carboxylic acid groups (broad SMARTS) is 1. The van der Waals surface area contributed by atoms with Crippen molar-refractivity contribution in [2.24, 2.45) is 11.8 Å². The van der Waals surface area contributed by atoms with E-state index in [1.54, 1.807) is 4.52 Å². The van der Waals surface area contributed by atoms with E-state index in [1.165, 1.54) is 11.3 Å². The fraction of sp³-hybridized carbons (Fsp3) is 0.583. The summed E-state index contributed by atoms with van der Waals surface area (Å²) in [5.74, 6) is -0.650. The van der Waals surface area contributed by atoms with Crippen molar-refractivity contribution in [1.29, 1.82) is 0 Å². The molecule has 0 bridgehead atoms. The number of nitrogens with zero attached hydrogens (tertiary/aromatic N) is 4. The first-order valence-electron chi connectivity index (χ1n) is 6.33. The van der Waals surface area contributed by atoms with E-state index in [0.29, 0.717) is 12.5 Å². The predicted molar refractivity (Wildman–Crippen MR) is 72.7 cm³/mol. The Morgan fingerprint density at radius 2 is 2.32 bits per heavy atom. The minimum Gasteiger partial charge on any atom is -0.481 e. The summed E-state index contributed by atoms with van der Waals surface area (Å²) >= 11 is 1.51. The van der Waals surface area contributed by atoms with Crippen molar-refractivity contribution in [2.45, 2.75) is 20.3 Å². The van der Waals surface area contributed by atoms with E-state index < -0.39 is 5.97 Å². The molecule has 2 atom stereocenters. The van der Waals surface area contributed by atoms with Gasteiger partial charge in [-0.2, -0.15) is 0 Å². The van der Waals surface area contributed by atoms with Crippen molar-refractivity contribution >= 4 is 27.4 Å². The van der Waals surface area contributed by atoms with Crippen LogP contribution in [0.25, 0.3) is 4.96 Å². The van der Waals surface area contributed by atoms with E-state index in [0.717, 1.165) is 28.8 Å². The highest BCUT2D eigenvalue weighted by molar-refractivity contribution is 7.20. The first-order valence-corrected chi connectivity index (χ1v) is 7.15. The molecule has 1 aliphatic heterocycles. The zero-order chi connectivity index (χ0) is 13.6. The lowest BCUT2D eigenvalue weighted by molar-refractivity contribution is -0.142. The minimum absolute atomic E-state index is 0.304. The second-order valence-corrected chi connectivity index (χ2v) is 6.21. The number of fused-ring (bicyclic) bond motifs is 1. The minimum atomic E-state index is -0.714. The number of aromatic nitrogens is 3. The monoisotopic (exact) mass is 280 g/mol. The Balaban J connectivity index is 1.87. The van der Waals surface area contributed by atoms with Gasteiger partial charge in [0.15, 0.2) is 0 Å². The summed E-state index contributed by atoms with van der Waals surface area (Å²) < 4.78 is 1.77. The SMILES string of the molecule is Cc1cn2nc(N3CC(C)CC(C(=O)O)C3)sc2n1. The van der Waals surface area contributed by atoms with Crippen LogP contribution in [-0.2, 0) is 4.79 Å². The Morgan fingerprint density at radius 1 is 1.53 bits per heavy atom. The van der Waals surface area contributed by atoms with Gasteiger partial charge in [-0.15, -0.1) is 5.10 Å². The molecule has 1 aliphatic rings. The molecule has 0 aliphatic carbocycles. The van der Waals surface area contributed by atoms with Gasteiger partial charge in [-0.05, 0) is 19.3 Å². The smallest absolute Gasteiger partial charge is 0.308 e. The summed E-state index contributed by atoms with van der Waals surface area (Å²) in [6.45, 7) is 5.42. The third-order valence-electron chi connectivity index (χ3n) is 3.43. The van der Waals surface area contributed by atoms with Gasteiger partial charge in [0, 0.05) is 13.1 Å². The molecule has 6 nitrogen and oxygen atoms in total. The molecule has 3 rings (SSSR count). The molecule has 1 fully saturated rings. The van der Waals surface area contributed by atoms with Gasteiger partial charge in [0.2, 0.25) is 10.1 Å². The van der Waals surface area contributed by atoms with Crippen LogP contribution in [0.15, 0.2) is 6.20 Å². The average molecular weight is 280 g/mol. The van der Waals surface area contributed by atoms with E-state index in [2.05, 4.69) is 21.9 Å². The summed E-state index contributed by atoms with van der Waals surface area (Å²) in [5.41, 5.74) is 0.945. The van der Waals surface area contributed by atoms with Crippen molar-refractivity contribution in [2.75, 3.05) is 18.0 Å². The number of piperidine rings is 1. The molecule has 19 heavy (non-hydrogen) atoms. The number of imidazole rings is 1. The van der Waals surface area contributed by atoms with Gasteiger partial charge in [0.05, 0.1) is 17.8 Å². The van der Waals surface area contributed by atoms with Crippen LogP contribution in [0, 0.1) is 18.8 Å². The number of hydrogen-bond acceptors (Lipinski definition) is 5. The van der Waals surface area contributed by atoms with Crippen molar-refractivity contribution in [1.82, 2.24) is 14.6 Å². The number of aliphatic carboxylic acids is 1. The second-order valence-electron chi connectivity index (χ2n) is 5.28. The largest absolute Gasteiger partial charge is 0.481 e. The maximum absolute atomic E-state index is 11.2. The number of carbonyl (C=O) groups is 1. The lowest BCUT2D eigenvalue weighted by Crippen LogP contribution is -2.42. The van der Waals surface area contributed by atoms with Crippen molar-refractivity contribution in [3.05, 3.63) is 11.9 Å². The van der Waals surface area contributed by atoms with E-state index >= 15 is 0 Å². The van der Waals surface area contributed by atoms with E-state index in [9.17, 15) is 9.90 Å². The van der Waals surface area contributed by atoms with E-state index in [4.69, 9.17) is 0 Å². The summed E-state index contributed by atoms with van der Waals surface area (Å²) in [6, 6.07) is 0. The van der Waals surface area contributed by atoms with Gasteiger partial charge in [-0.1, -0.05) is 18.3 Å². The Hall–Kier alpha value is -1.63. The Bertz CT molecular complexity index is 589. The molecule has 0 amide bonds. The van der Waals surface area contributed by atoms with Crippen molar-refractivity contribution in [3.8, 4) is 0 Å². The molecule has 3 heterocycles. The maximum Gasteiger partial charge on any atom is 0.308 e. The molecule has 7 heteroatoms. The highest BCUT2D eigenvalue weighted by Gasteiger charge is 2.31. The number of rotatable bonds is 2. The third-order valence-corrected chi connectivity index (χ3v) is 4.42. The Kier molecular flexibility index (Phi) is 2.93. The normalized spacial score (nSPS) is 24.0. The van der Waals surface area contributed by atoms with Gasteiger partial charge in [0.1, 0.15) is 0 Å². The second kappa shape index (κ2) is 4.48. The van der Waals surface area contributed by atoms with Crippen LogP contribution in [0.3, 0.4) is 0 Å². The fourth-order valence-electron chi connectivity index (χ4n) is 2.61. The zero-order valence-corrected chi connectivity index (χ0v) is 11.7. The van der Waals surface area contributed by atoms with Gasteiger partial charge in [-0.25, -0.2) is 9.50 Å². The molecular weight excluding hydrogens is 264 g/mol. The fourth-order valence-corrected chi connectivity index (χ4v) is 3.56. The lowest BCUT2D eigenvalue weighted by atomic mass is 9.91. The van der Waals surface area contributed by atoms with Crippen molar-refractivity contribution < 1.29 is 9.90 Å². The topological polar surface area (TPSA) is 70.7 Å². The van der Waals surface area contributed by atoms with Crippen LogP contribution in [0.5, 0.6) is 0 Å². The first-order chi connectivity index (χ1) is 9.02. The third kappa shape index (κ3) is 2.30. The Morgan fingerprint density at radius 3 is 3.00 bits per heavy atom. The van der Waals surface area contributed by atoms with Crippen LogP contribution in [0.1, 0.15) is 19.0 Å². The standard InChI is InChI=1S/C12H16N4O2S/c1-7-3-9(10(17)18)6-15(4-7)12-14-16-5-8(2)13-11(16)19-12/h5,7,9H,3-4,6H2,1-2H3,(H,17,18). The van der Waals surface area contributed by atoms with Crippen LogP contribution >= 0.6 is 11.3 Å². The molecule has 0 aromatic carbocycles.